The maximum absolute atomic E-state index is 13.0. The largest absolute Gasteiger partial charge is 0.454 e. The van der Waals surface area contributed by atoms with Crippen LogP contribution in [-0.2, 0) is 19.1 Å². The van der Waals surface area contributed by atoms with Crippen molar-refractivity contribution in [2.75, 3.05) is 43.1 Å². The predicted octanol–water partition coefficient (Wildman–Crippen LogP) is 2.72. The van der Waals surface area contributed by atoms with E-state index in [2.05, 4.69) is 10.2 Å². The Bertz CT molecular complexity index is 1080. The van der Waals surface area contributed by atoms with Crippen LogP contribution in [0.4, 0.5) is 11.4 Å². The van der Waals surface area contributed by atoms with Gasteiger partial charge >= 0.3 is 5.97 Å². The number of imide groups is 1. The molecule has 4 rings (SSSR count). The lowest BCUT2D eigenvalue weighted by Gasteiger charge is -2.29. The van der Waals surface area contributed by atoms with Crippen molar-refractivity contribution in [1.29, 1.82) is 0 Å². The third-order valence-electron chi connectivity index (χ3n) is 6.40. The van der Waals surface area contributed by atoms with Gasteiger partial charge in [0, 0.05) is 24.5 Å². The van der Waals surface area contributed by atoms with Gasteiger partial charge in [0.2, 0.25) is 0 Å². The van der Waals surface area contributed by atoms with E-state index in [0.717, 1.165) is 23.7 Å². The molecule has 2 aromatic carbocycles. The molecular formula is C26H29N3O6. The topological polar surface area (TPSA) is 105 Å². The number of hydrogen-bond acceptors (Lipinski definition) is 7. The number of carbonyl (C=O) groups excluding carboxylic acids is 4. The molecule has 0 radical (unpaired) electrons. The summed E-state index contributed by atoms with van der Waals surface area (Å²) in [5, 5.41) is 2.70. The number of nitrogens with zero attached hydrogens (tertiary/aromatic N) is 2. The smallest absolute Gasteiger partial charge is 0.330 e. The van der Waals surface area contributed by atoms with E-state index in [1.165, 1.54) is 0 Å². The van der Waals surface area contributed by atoms with Crippen LogP contribution in [0.1, 0.15) is 41.0 Å². The minimum atomic E-state index is -1.12. The second-order valence-electron chi connectivity index (χ2n) is 8.66. The molecule has 0 saturated carbocycles. The molecule has 9 heteroatoms. The van der Waals surface area contributed by atoms with Crippen molar-refractivity contribution >= 4 is 35.1 Å². The van der Waals surface area contributed by atoms with Crippen LogP contribution >= 0.6 is 0 Å². The molecule has 0 aliphatic carbocycles. The lowest BCUT2D eigenvalue weighted by molar-refractivity contribution is -0.152. The average molecular weight is 480 g/mol. The summed E-state index contributed by atoms with van der Waals surface area (Å²) < 4.78 is 10.6. The first-order chi connectivity index (χ1) is 16.9. The maximum atomic E-state index is 13.0. The van der Waals surface area contributed by atoms with Crippen LogP contribution in [0.25, 0.3) is 0 Å². The molecule has 1 fully saturated rings. The molecule has 2 atom stereocenters. The summed E-state index contributed by atoms with van der Waals surface area (Å²) in [6, 6.07) is 12.7. The molecule has 2 aromatic rings. The van der Waals surface area contributed by atoms with Gasteiger partial charge in [-0.05, 0) is 42.3 Å². The molecule has 0 bridgehead atoms. The molecule has 2 aliphatic heterocycles. The van der Waals surface area contributed by atoms with Crippen LogP contribution in [0.3, 0.4) is 0 Å². The molecule has 2 aliphatic rings. The standard InChI is InChI=1S/C26H29N3O6/c1-3-17(2)23(29-24(31)20-6-4-5-7-21(20)25(29)32)26(33)35-16-22(30)27-18-8-10-19(11-9-18)28-12-14-34-15-13-28/h4-11,17,23H,3,12-16H2,1-2H3,(H,27,30)/t17-,23-/m0/s1. The molecular weight excluding hydrogens is 450 g/mol. The number of rotatable bonds is 8. The van der Waals surface area contributed by atoms with Crippen molar-refractivity contribution < 1.29 is 28.7 Å². The highest BCUT2D eigenvalue weighted by atomic mass is 16.5. The number of nitrogens with one attached hydrogen (secondary N) is 1. The monoisotopic (exact) mass is 479 g/mol. The summed E-state index contributed by atoms with van der Waals surface area (Å²) >= 11 is 0. The quantitative estimate of drug-likeness (QED) is 0.458. The van der Waals surface area contributed by atoms with Crippen LogP contribution in [0, 0.1) is 5.92 Å². The zero-order valence-corrected chi connectivity index (χ0v) is 19.9. The van der Waals surface area contributed by atoms with Gasteiger partial charge in [0.1, 0.15) is 6.04 Å². The zero-order chi connectivity index (χ0) is 24.9. The number of hydrogen-bond donors (Lipinski definition) is 1. The summed E-state index contributed by atoms with van der Waals surface area (Å²) in [7, 11) is 0. The third-order valence-corrected chi connectivity index (χ3v) is 6.40. The third kappa shape index (κ3) is 5.19. The summed E-state index contributed by atoms with van der Waals surface area (Å²) in [6.07, 6.45) is 0.537. The fourth-order valence-corrected chi connectivity index (χ4v) is 4.27. The second-order valence-corrected chi connectivity index (χ2v) is 8.66. The number of amides is 3. The van der Waals surface area contributed by atoms with Crippen LogP contribution in [0.2, 0.25) is 0 Å². The lowest BCUT2D eigenvalue weighted by atomic mass is 9.97. The van der Waals surface area contributed by atoms with Gasteiger partial charge in [-0.3, -0.25) is 19.3 Å². The lowest BCUT2D eigenvalue weighted by Crippen LogP contribution is -2.49. The first-order valence-electron chi connectivity index (χ1n) is 11.8. The number of ether oxygens (including phenoxy) is 2. The minimum absolute atomic E-state index is 0.261. The Kier molecular flexibility index (Phi) is 7.45. The highest BCUT2D eigenvalue weighted by Gasteiger charge is 2.45. The maximum Gasteiger partial charge on any atom is 0.330 e. The van der Waals surface area contributed by atoms with E-state index in [1.807, 2.05) is 19.1 Å². The average Bonchev–Trinajstić information content (AvgIpc) is 3.14. The van der Waals surface area contributed by atoms with Crippen molar-refractivity contribution in [3.8, 4) is 0 Å². The Morgan fingerprint density at radius 3 is 2.17 bits per heavy atom. The van der Waals surface area contributed by atoms with Crippen molar-refractivity contribution in [1.82, 2.24) is 4.90 Å². The minimum Gasteiger partial charge on any atom is -0.454 e. The number of esters is 1. The van der Waals surface area contributed by atoms with E-state index >= 15 is 0 Å². The summed E-state index contributed by atoms with van der Waals surface area (Å²) in [4.78, 5) is 54.4. The van der Waals surface area contributed by atoms with E-state index < -0.39 is 36.3 Å². The highest BCUT2D eigenvalue weighted by Crippen LogP contribution is 2.28. The number of anilines is 2. The van der Waals surface area contributed by atoms with Crippen molar-refractivity contribution in [2.45, 2.75) is 26.3 Å². The number of benzene rings is 2. The molecule has 2 heterocycles. The van der Waals surface area contributed by atoms with Crippen LogP contribution in [-0.4, -0.2) is 67.5 Å². The fraction of sp³-hybridized carbons (Fsp3) is 0.385. The Balaban J connectivity index is 1.37. The highest BCUT2D eigenvalue weighted by molar-refractivity contribution is 6.22. The van der Waals surface area contributed by atoms with Crippen LogP contribution in [0.15, 0.2) is 48.5 Å². The summed E-state index contributed by atoms with van der Waals surface area (Å²) in [6.45, 7) is 6.09. The predicted molar refractivity (Wildman–Crippen MR) is 129 cm³/mol. The second kappa shape index (κ2) is 10.7. The van der Waals surface area contributed by atoms with Crippen molar-refractivity contribution in [2.24, 2.45) is 5.92 Å². The van der Waals surface area contributed by atoms with Crippen molar-refractivity contribution in [3.63, 3.8) is 0 Å². The van der Waals surface area contributed by atoms with Gasteiger partial charge in [0.05, 0.1) is 24.3 Å². The number of carbonyl (C=O) groups is 4. The molecule has 184 valence electrons. The molecule has 3 amide bonds. The molecule has 1 saturated heterocycles. The van der Waals surface area contributed by atoms with E-state index in [0.29, 0.717) is 25.3 Å². The van der Waals surface area contributed by atoms with E-state index in [1.54, 1.807) is 43.3 Å². The van der Waals surface area contributed by atoms with Gasteiger partial charge in [-0.15, -0.1) is 0 Å². The van der Waals surface area contributed by atoms with Crippen molar-refractivity contribution in [3.05, 3.63) is 59.7 Å². The molecule has 1 N–H and O–H groups in total. The number of fused-ring (bicyclic) bond motifs is 1. The first kappa shape index (κ1) is 24.4. The Labute approximate surface area is 204 Å². The van der Waals surface area contributed by atoms with E-state index in [9.17, 15) is 19.2 Å². The van der Waals surface area contributed by atoms with Crippen LogP contribution in [0.5, 0.6) is 0 Å². The SMILES string of the molecule is CC[C@H](C)[C@@H](C(=O)OCC(=O)Nc1ccc(N2CCOCC2)cc1)N1C(=O)c2ccccc2C1=O. The normalized spacial score (nSPS) is 17.1. The Morgan fingerprint density at radius 1 is 1.00 bits per heavy atom. The Hall–Kier alpha value is -3.72. The van der Waals surface area contributed by atoms with Gasteiger partial charge < -0.3 is 19.7 Å². The summed E-state index contributed by atoms with van der Waals surface area (Å²) in [5.74, 6) is -2.70. The zero-order valence-electron chi connectivity index (χ0n) is 19.9. The molecule has 35 heavy (non-hydrogen) atoms. The van der Waals surface area contributed by atoms with Gasteiger partial charge in [-0.2, -0.15) is 0 Å². The molecule has 0 aromatic heterocycles. The molecule has 0 unspecified atom stereocenters. The molecule has 9 nitrogen and oxygen atoms in total. The summed E-state index contributed by atoms with van der Waals surface area (Å²) in [5.41, 5.74) is 2.13. The fourth-order valence-electron chi connectivity index (χ4n) is 4.27. The van der Waals surface area contributed by atoms with Crippen LogP contribution < -0.4 is 10.2 Å². The van der Waals surface area contributed by atoms with E-state index in [4.69, 9.17) is 9.47 Å². The van der Waals surface area contributed by atoms with E-state index in [-0.39, 0.29) is 17.0 Å². The van der Waals surface area contributed by atoms with Gasteiger partial charge in [0.25, 0.3) is 17.7 Å². The van der Waals surface area contributed by atoms with Gasteiger partial charge in [-0.1, -0.05) is 32.4 Å². The first-order valence-corrected chi connectivity index (χ1v) is 11.8. The number of morpholine rings is 1. The Morgan fingerprint density at radius 2 is 1.60 bits per heavy atom. The molecule has 0 spiro atoms. The van der Waals surface area contributed by atoms with Gasteiger partial charge in [-0.25, -0.2) is 4.79 Å². The van der Waals surface area contributed by atoms with Gasteiger partial charge in [0.15, 0.2) is 6.61 Å².